The van der Waals surface area contributed by atoms with Crippen LogP contribution in [0.1, 0.15) is 5.56 Å². The number of alkyl halides is 3. The summed E-state index contributed by atoms with van der Waals surface area (Å²) >= 11 is 1.02. The Morgan fingerprint density at radius 3 is 2.46 bits per heavy atom. The Labute approximate surface area is 140 Å². The molecule has 1 amide bonds. The van der Waals surface area contributed by atoms with Gasteiger partial charge in [0.15, 0.2) is 0 Å². The lowest BCUT2D eigenvalue weighted by Crippen LogP contribution is -2.32. The van der Waals surface area contributed by atoms with Gasteiger partial charge in [0.25, 0.3) is 0 Å². The molecule has 1 heterocycles. The Morgan fingerprint density at radius 2 is 1.92 bits per heavy atom. The van der Waals surface area contributed by atoms with Gasteiger partial charge in [-0.15, -0.1) is 0 Å². The molecule has 0 fully saturated rings. The first-order chi connectivity index (χ1) is 11.4. The standard InChI is InChI=1S/C16H12F3N3OS/c17-16(18,19)12-6-7-14(21-10-12)24-11-15(23)22(9-8-20)13-4-2-1-3-5-13/h1-7,10H,9,11H2. The number of carbonyl (C=O) groups excluding carboxylic acids is 1. The van der Waals surface area contributed by atoms with E-state index in [0.29, 0.717) is 10.7 Å². The number of thioether (sulfide) groups is 1. The number of aromatic nitrogens is 1. The summed E-state index contributed by atoms with van der Waals surface area (Å²) < 4.78 is 37.4. The summed E-state index contributed by atoms with van der Waals surface area (Å²) in [6.45, 7) is -0.107. The lowest BCUT2D eigenvalue weighted by atomic mass is 10.3. The smallest absolute Gasteiger partial charge is 0.298 e. The number of rotatable bonds is 5. The fourth-order valence-corrected chi connectivity index (χ4v) is 2.57. The minimum absolute atomic E-state index is 0.0328. The molecule has 2 aromatic rings. The minimum atomic E-state index is -4.44. The second kappa shape index (κ2) is 7.84. The molecule has 0 N–H and O–H groups in total. The van der Waals surface area contributed by atoms with Gasteiger partial charge in [0.2, 0.25) is 5.91 Å². The molecule has 0 spiro atoms. The van der Waals surface area contributed by atoms with Crippen LogP contribution in [0.4, 0.5) is 18.9 Å². The lowest BCUT2D eigenvalue weighted by Gasteiger charge is -2.19. The van der Waals surface area contributed by atoms with Crippen LogP contribution in [-0.4, -0.2) is 23.2 Å². The van der Waals surface area contributed by atoms with Crippen LogP contribution in [0.5, 0.6) is 0 Å². The molecule has 0 bridgehead atoms. The number of pyridine rings is 1. The van der Waals surface area contributed by atoms with Gasteiger partial charge >= 0.3 is 6.18 Å². The van der Waals surface area contributed by atoms with Crippen molar-refractivity contribution >= 4 is 23.4 Å². The number of amides is 1. The fourth-order valence-electron chi connectivity index (χ4n) is 1.85. The molecule has 1 aromatic carbocycles. The SMILES string of the molecule is N#CCN(C(=O)CSc1ccc(C(F)(F)F)cn1)c1ccccc1. The molecular weight excluding hydrogens is 339 g/mol. The highest BCUT2D eigenvalue weighted by Gasteiger charge is 2.30. The zero-order valence-corrected chi connectivity index (χ0v) is 13.1. The highest BCUT2D eigenvalue weighted by Crippen LogP contribution is 2.29. The number of benzene rings is 1. The van der Waals surface area contributed by atoms with E-state index in [9.17, 15) is 18.0 Å². The van der Waals surface area contributed by atoms with Crippen LogP contribution in [-0.2, 0) is 11.0 Å². The molecule has 24 heavy (non-hydrogen) atoms. The van der Waals surface area contributed by atoms with E-state index in [2.05, 4.69) is 4.98 Å². The molecule has 1 aromatic heterocycles. The lowest BCUT2D eigenvalue weighted by molar-refractivity contribution is -0.137. The van der Waals surface area contributed by atoms with E-state index in [1.165, 1.54) is 11.0 Å². The Balaban J connectivity index is 2.02. The van der Waals surface area contributed by atoms with Crippen molar-refractivity contribution in [2.75, 3.05) is 17.2 Å². The Kier molecular flexibility index (Phi) is 5.82. The van der Waals surface area contributed by atoms with Gasteiger partial charge < -0.3 is 0 Å². The maximum atomic E-state index is 12.5. The van der Waals surface area contributed by atoms with Crippen molar-refractivity contribution in [1.82, 2.24) is 4.98 Å². The van der Waals surface area contributed by atoms with Gasteiger partial charge in [0, 0.05) is 11.9 Å². The maximum Gasteiger partial charge on any atom is 0.417 e. The maximum absolute atomic E-state index is 12.5. The summed E-state index contributed by atoms with van der Waals surface area (Å²) in [6, 6.07) is 12.8. The topological polar surface area (TPSA) is 57.0 Å². The third kappa shape index (κ3) is 4.73. The van der Waals surface area contributed by atoms with Crippen molar-refractivity contribution in [3.05, 3.63) is 54.2 Å². The van der Waals surface area contributed by atoms with Gasteiger partial charge in [-0.1, -0.05) is 30.0 Å². The van der Waals surface area contributed by atoms with E-state index in [1.807, 2.05) is 6.07 Å². The van der Waals surface area contributed by atoms with E-state index in [-0.39, 0.29) is 18.2 Å². The first kappa shape index (κ1) is 17.8. The molecular formula is C16H12F3N3OS. The monoisotopic (exact) mass is 351 g/mol. The largest absolute Gasteiger partial charge is 0.417 e. The van der Waals surface area contributed by atoms with Gasteiger partial charge in [-0.2, -0.15) is 18.4 Å². The zero-order valence-electron chi connectivity index (χ0n) is 12.3. The van der Waals surface area contributed by atoms with Crippen LogP contribution in [0, 0.1) is 11.3 Å². The van der Waals surface area contributed by atoms with Crippen molar-refractivity contribution in [1.29, 1.82) is 5.26 Å². The highest BCUT2D eigenvalue weighted by atomic mass is 32.2. The minimum Gasteiger partial charge on any atom is -0.298 e. The molecule has 0 saturated carbocycles. The summed E-state index contributed by atoms with van der Waals surface area (Å²) in [7, 11) is 0. The summed E-state index contributed by atoms with van der Waals surface area (Å²) in [5.41, 5.74) is -0.251. The predicted octanol–water partition coefficient (Wildman–Crippen LogP) is 3.75. The molecule has 0 aliphatic carbocycles. The van der Waals surface area contributed by atoms with E-state index >= 15 is 0 Å². The fraction of sp³-hybridized carbons (Fsp3) is 0.188. The normalized spacial score (nSPS) is 10.9. The quantitative estimate of drug-likeness (QED) is 0.608. The zero-order chi connectivity index (χ0) is 17.6. The van der Waals surface area contributed by atoms with Crippen LogP contribution in [0.2, 0.25) is 0 Å². The third-order valence-corrected chi connectivity index (χ3v) is 3.93. The Morgan fingerprint density at radius 1 is 1.21 bits per heavy atom. The number of nitrogens with zero attached hydrogens (tertiary/aromatic N) is 3. The summed E-state index contributed by atoms with van der Waals surface area (Å²) in [5, 5.41) is 9.18. The number of carbonyl (C=O) groups is 1. The van der Waals surface area contributed by atoms with Crippen LogP contribution < -0.4 is 4.90 Å². The van der Waals surface area contributed by atoms with Crippen LogP contribution in [0.3, 0.4) is 0 Å². The number of nitriles is 1. The second-order valence-corrected chi connectivity index (χ2v) is 5.64. The van der Waals surface area contributed by atoms with Crippen molar-refractivity contribution in [2.45, 2.75) is 11.2 Å². The molecule has 2 rings (SSSR count). The first-order valence-corrected chi connectivity index (χ1v) is 7.79. The molecule has 8 heteroatoms. The number of hydrogen-bond donors (Lipinski definition) is 0. The molecule has 0 radical (unpaired) electrons. The van der Waals surface area contributed by atoms with Crippen molar-refractivity contribution in [2.24, 2.45) is 0 Å². The number of anilines is 1. The van der Waals surface area contributed by atoms with Crippen molar-refractivity contribution < 1.29 is 18.0 Å². The molecule has 0 aliphatic rings. The number of hydrogen-bond acceptors (Lipinski definition) is 4. The molecule has 0 saturated heterocycles. The van der Waals surface area contributed by atoms with Crippen LogP contribution in [0.25, 0.3) is 0 Å². The summed E-state index contributed by atoms with van der Waals surface area (Å²) in [4.78, 5) is 17.3. The molecule has 124 valence electrons. The van der Waals surface area contributed by atoms with Crippen LogP contribution >= 0.6 is 11.8 Å². The van der Waals surface area contributed by atoms with E-state index in [1.54, 1.807) is 30.3 Å². The average molecular weight is 351 g/mol. The highest BCUT2D eigenvalue weighted by molar-refractivity contribution is 7.99. The Bertz CT molecular complexity index is 727. The van der Waals surface area contributed by atoms with E-state index in [4.69, 9.17) is 5.26 Å². The third-order valence-electron chi connectivity index (χ3n) is 3.00. The number of halogens is 3. The summed E-state index contributed by atoms with van der Waals surface area (Å²) in [5.74, 6) is -0.357. The van der Waals surface area contributed by atoms with Crippen molar-refractivity contribution in [3.8, 4) is 6.07 Å². The number of para-hydroxylation sites is 1. The van der Waals surface area contributed by atoms with Gasteiger partial charge in [-0.25, -0.2) is 4.98 Å². The van der Waals surface area contributed by atoms with Gasteiger partial charge in [0.05, 0.1) is 22.4 Å². The predicted molar refractivity (Wildman–Crippen MR) is 84.4 cm³/mol. The summed E-state index contributed by atoms with van der Waals surface area (Å²) in [6.07, 6.45) is -3.71. The molecule has 4 nitrogen and oxygen atoms in total. The van der Waals surface area contributed by atoms with Crippen LogP contribution in [0.15, 0.2) is 53.7 Å². The van der Waals surface area contributed by atoms with Gasteiger partial charge in [0.1, 0.15) is 6.54 Å². The van der Waals surface area contributed by atoms with Gasteiger partial charge in [-0.3, -0.25) is 9.69 Å². The first-order valence-electron chi connectivity index (χ1n) is 6.80. The van der Waals surface area contributed by atoms with E-state index in [0.717, 1.165) is 24.0 Å². The Hall–Kier alpha value is -2.53. The average Bonchev–Trinajstić information content (AvgIpc) is 2.58. The van der Waals surface area contributed by atoms with Gasteiger partial charge in [-0.05, 0) is 24.3 Å². The second-order valence-electron chi connectivity index (χ2n) is 4.65. The molecule has 0 aliphatic heterocycles. The molecule has 0 unspecified atom stereocenters. The van der Waals surface area contributed by atoms with Crippen molar-refractivity contribution in [3.63, 3.8) is 0 Å². The molecule has 0 atom stereocenters. The van der Waals surface area contributed by atoms with E-state index < -0.39 is 11.7 Å².